The van der Waals surface area contributed by atoms with Gasteiger partial charge in [-0.25, -0.2) is 4.39 Å². The Bertz CT molecular complexity index is 677. The Morgan fingerprint density at radius 3 is 2.81 bits per heavy atom. The number of hydrogen-bond donors (Lipinski definition) is 1. The van der Waals surface area contributed by atoms with Gasteiger partial charge in [-0.15, -0.1) is 0 Å². The molecule has 5 heteroatoms. The Balaban J connectivity index is 2.06. The Morgan fingerprint density at radius 2 is 2.10 bits per heavy atom. The topological polar surface area (TPSA) is 57.4 Å². The Morgan fingerprint density at radius 1 is 1.24 bits per heavy atom. The van der Waals surface area contributed by atoms with Gasteiger partial charge < -0.3 is 15.2 Å². The second-order valence-corrected chi connectivity index (χ2v) is 4.16. The van der Waals surface area contributed by atoms with Crippen LogP contribution >= 0.6 is 0 Å². The SMILES string of the molecule is COc1ccc(COc2cncc(C#CCN)c2)c(F)c1. The summed E-state index contributed by atoms with van der Waals surface area (Å²) in [7, 11) is 1.49. The third-order valence-electron chi connectivity index (χ3n) is 2.70. The maximum atomic E-state index is 13.8. The molecule has 0 radical (unpaired) electrons. The molecule has 0 bridgehead atoms. The van der Waals surface area contributed by atoms with E-state index >= 15 is 0 Å². The standard InChI is InChI=1S/C16H15FN2O2/c1-20-14-5-4-13(16(17)8-14)11-21-15-7-12(3-2-6-18)9-19-10-15/h4-5,7-10H,6,11,18H2,1H3. The molecule has 2 rings (SSSR count). The van der Waals surface area contributed by atoms with E-state index in [4.69, 9.17) is 15.2 Å². The summed E-state index contributed by atoms with van der Waals surface area (Å²) in [4.78, 5) is 4.02. The molecule has 0 atom stereocenters. The molecule has 0 spiro atoms. The summed E-state index contributed by atoms with van der Waals surface area (Å²) < 4.78 is 24.2. The zero-order chi connectivity index (χ0) is 15.1. The van der Waals surface area contributed by atoms with Gasteiger partial charge in [0.15, 0.2) is 0 Å². The highest BCUT2D eigenvalue weighted by Gasteiger charge is 2.05. The average Bonchev–Trinajstić information content (AvgIpc) is 2.52. The quantitative estimate of drug-likeness (QED) is 0.875. The van der Waals surface area contributed by atoms with E-state index in [9.17, 15) is 4.39 Å². The van der Waals surface area contributed by atoms with Crippen molar-refractivity contribution in [3.8, 4) is 23.3 Å². The summed E-state index contributed by atoms with van der Waals surface area (Å²) in [5.41, 5.74) is 6.45. The second-order valence-electron chi connectivity index (χ2n) is 4.16. The van der Waals surface area contributed by atoms with Gasteiger partial charge in [-0.2, -0.15) is 0 Å². The third kappa shape index (κ3) is 4.20. The molecule has 2 N–H and O–H groups in total. The summed E-state index contributed by atoms with van der Waals surface area (Å²) >= 11 is 0. The van der Waals surface area contributed by atoms with Crippen LogP contribution in [-0.4, -0.2) is 18.6 Å². The van der Waals surface area contributed by atoms with Gasteiger partial charge >= 0.3 is 0 Å². The number of methoxy groups -OCH3 is 1. The van der Waals surface area contributed by atoms with Crippen molar-refractivity contribution in [2.75, 3.05) is 13.7 Å². The van der Waals surface area contributed by atoms with Crippen LogP contribution in [0.1, 0.15) is 11.1 Å². The highest BCUT2D eigenvalue weighted by molar-refractivity contribution is 5.37. The van der Waals surface area contributed by atoms with Crippen molar-refractivity contribution in [1.29, 1.82) is 0 Å². The average molecular weight is 286 g/mol. The van der Waals surface area contributed by atoms with Crippen LogP contribution in [-0.2, 0) is 6.61 Å². The van der Waals surface area contributed by atoms with Crippen molar-refractivity contribution in [3.63, 3.8) is 0 Å². The van der Waals surface area contributed by atoms with E-state index < -0.39 is 0 Å². The fourth-order valence-corrected chi connectivity index (χ4v) is 1.65. The molecule has 108 valence electrons. The first-order valence-corrected chi connectivity index (χ1v) is 6.32. The first-order valence-electron chi connectivity index (χ1n) is 6.32. The molecule has 0 saturated carbocycles. The Labute approximate surface area is 122 Å². The fourth-order valence-electron chi connectivity index (χ4n) is 1.65. The maximum Gasteiger partial charge on any atom is 0.139 e. The van der Waals surface area contributed by atoms with E-state index in [-0.39, 0.29) is 19.0 Å². The number of nitrogens with two attached hydrogens (primary N) is 1. The van der Waals surface area contributed by atoms with E-state index in [1.807, 2.05) is 0 Å². The Hall–Kier alpha value is -2.58. The minimum Gasteiger partial charge on any atom is -0.497 e. The lowest BCUT2D eigenvalue weighted by Crippen LogP contribution is -1.99. The van der Waals surface area contributed by atoms with Crippen molar-refractivity contribution < 1.29 is 13.9 Å². The first kappa shape index (κ1) is 14.8. The maximum absolute atomic E-state index is 13.8. The largest absolute Gasteiger partial charge is 0.497 e. The number of halogens is 1. The molecule has 0 aliphatic heterocycles. The molecule has 2 aromatic rings. The van der Waals surface area contributed by atoms with E-state index in [1.54, 1.807) is 30.6 Å². The lowest BCUT2D eigenvalue weighted by atomic mass is 10.2. The van der Waals surface area contributed by atoms with Crippen LogP contribution in [0.25, 0.3) is 0 Å². The first-order chi connectivity index (χ1) is 10.2. The number of benzene rings is 1. The van der Waals surface area contributed by atoms with Crippen LogP contribution in [0.4, 0.5) is 4.39 Å². The van der Waals surface area contributed by atoms with Crippen LogP contribution in [0.3, 0.4) is 0 Å². The number of aromatic nitrogens is 1. The highest BCUT2D eigenvalue weighted by atomic mass is 19.1. The molecule has 4 nitrogen and oxygen atoms in total. The molecule has 1 heterocycles. The van der Waals surface area contributed by atoms with Gasteiger partial charge in [-0.1, -0.05) is 11.8 Å². The van der Waals surface area contributed by atoms with Crippen LogP contribution < -0.4 is 15.2 Å². The molecule has 0 fully saturated rings. The minimum absolute atomic E-state index is 0.102. The monoisotopic (exact) mass is 286 g/mol. The predicted octanol–water partition coefficient (Wildman–Crippen LogP) is 2.12. The molecule has 0 amide bonds. The zero-order valence-corrected chi connectivity index (χ0v) is 11.6. The van der Waals surface area contributed by atoms with Crippen molar-refractivity contribution in [2.24, 2.45) is 5.73 Å². The lowest BCUT2D eigenvalue weighted by molar-refractivity contribution is 0.298. The predicted molar refractivity (Wildman–Crippen MR) is 77.5 cm³/mol. The molecule has 1 aromatic carbocycles. The smallest absolute Gasteiger partial charge is 0.139 e. The summed E-state index contributed by atoms with van der Waals surface area (Å²) in [6.45, 7) is 0.382. The zero-order valence-electron chi connectivity index (χ0n) is 11.6. The third-order valence-corrected chi connectivity index (χ3v) is 2.70. The molecular formula is C16H15FN2O2. The minimum atomic E-state index is -0.374. The van der Waals surface area contributed by atoms with Crippen molar-refractivity contribution >= 4 is 0 Å². The van der Waals surface area contributed by atoms with E-state index in [0.29, 0.717) is 22.6 Å². The number of hydrogen-bond acceptors (Lipinski definition) is 4. The van der Waals surface area contributed by atoms with E-state index in [1.165, 1.54) is 13.2 Å². The van der Waals surface area contributed by atoms with Crippen LogP contribution in [0, 0.1) is 17.7 Å². The summed E-state index contributed by atoms with van der Waals surface area (Å²) in [5, 5.41) is 0. The number of rotatable bonds is 4. The van der Waals surface area contributed by atoms with Gasteiger partial charge in [0.2, 0.25) is 0 Å². The van der Waals surface area contributed by atoms with Gasteiger partial charge in [-0.05, 0) is 18.2 Å². The molecule has 1 aromatic heterocycles. The number of ether oxygens (including phenoxy) is 2. The van der Waals surface area contributed by atoms with Gasteiger partial charge in [0.05, 0.1) is 19.9 Å². The molecule has 21 heavy (non-hydrogen) atoms. The van der Waals surface area contributed by atoms with Crippen molar-refractivity contribution in [1.82, 2.24) is 4.98 Å². The lowest BCUT2D eigenvalue weighted by Gasteiger charge is -2.08. The van der Waals surface area contributed by atoms with Gasteiger partial charge in [0.25, 0.3) is 0 Å². The number of pyridine rings is 1. The van der Waals surface area contributed by atoms with E-state index in [2.05, 4.69) is 16.8 Å². The summed E-state index contributed by atoms with van der Waals surface area (Å²) in [5.74, 6) is 6.21. The summed E-state index contributed by atoms with van der Waals surface area (Å²) in [6, 6.07) is 6.36. The Kier molecular flexibility index (Phi) is 5.13. The molecular weight excluding hydrogens is 271 g/mol. The van der Waals surface area contributed by atoms with Crippen LogP contribution in [0.2, 0.25) is 0 Å². The fraction of sp³-hybridized carbons (Fsp3) is 0.188. The molecule has 0 saturated heterocycles. The normalized spacial score (nSPS) is 9.67. The molecule has 0 unspecified atom stereocenters. The van der Waals surface area contributed by atoms with Crippen LogP contribution in [0.15, 0.2) is 36.7 Å². The van der Waals surface area contributed by atoms with Crippen LogP contribution in [0.5, 0.6) is 11.5 Å². The van der Waals surface area contributed by atoms with Gasteiger partial charge in [0, 0.05) is 23.4 Å². The van der Waals surface area contributed by atoms with Crippen molar-refractivity contribution in [2.45, 2.75) is 6.61 Å². The van der Waals surface area contributed by atoms with E-state index in [0.717, 1.165) is 0 Å². The highest BCUT2D eigenvalue weighted by Crippen LogP contribution is 2.18. The second kappa shape index (κ2) is 7.27. The molecule has 0 aliphatic rings. The van der Waals surface area contributed by atoms with Crippen molar-refractivity contribution in [3.05, 3.63) is 53.6 Å². The summed E-state index contributed by atoms with van der Waals surface area (Å²) in [6.07, 6.45) is 3.17. The number of nitrogens with zero attached hydrogens (tertiary/aromatic N) is 1. The van der Waals surface area contributed by atoms with Gasteiger partial charge in [-0.3, -0.25) is 4.98 Å². The molecule has 0 aliphatic carbocycles. The van der Waals surface area contributed by atoms with Gasteiger partial charge in [0.1, 0.15) is 23.9 Å².